The lowest BCUT2D eigenvalue weighted by molar-refractivity contribution is 0.639. The summed E-state index contributed by atoms with van der Waals surface area (Å²) in [7, 11) is 0. The average molecular weight is 177 g/mol. The Balaban J connectivity index is 1.82. The molecule has 3 nitrogen and oxygen atoms in total. The third-order valence-corrected chi connectivity index (χ3v) is 2.34. The second kappa shape index (κ2) is 3.73. The van der Waals surface area contributed by atoms with Gasteiger partial charge in [-0.15, -0.1) is 0 Å². The van der Waals surface area contributed by atoms with Crippen molar-refractivity contribution in [2.45, 2.75) is 32.2 Å². The molecule has 1 atom stereocenters. The molecule has 1 aliphatic rings. The molecule has 1 saturated carbocycles. The van der Waals surface area contributed by atoms with Gasteiger partial charge in [0.15, 0.2) is 0 Å². The van der Waals surface area contributed by atoms with Gasteiger partial charge in [-0.3, -0.25) is 4.98 Å². The van der Waals surface area contributed by atoms with Crippen LogP contribution < -0.4 is 5.32 Å². The van der Waals surface area contributed by atoms with Gasteiger partial charge in [-0.05, 0) is 19.3 Å². The summed E-state index contributed by atoms with van der Waals surface area (Å²) in [5.41, 5.74) is 0. The lowest BCUT2D eigenvalue weighted by atomic mass is 10.2. The van der Waals surface area contributed by atoms with Crippen molar-refractivity contribution in [3.05, 3.63) is 18.6 Å². The summed E-state index contributed by atoms with van der Waals surface area (Å²) in [6.45, 7) is 2.20. The molecule has 1 N–H and O–H groups in total. The van der Waals surface area contributed by atoms with Crippen molar-refractivity contribution >= 4 is 5.82 Å². The minimum atomic E-state index is 0.518. The lowest BCUT2D eigenvalue weighted by Crippen LogP contribution is -2.16. The van der Waals surface area contributed by atoms with Crippen LogP contribution in [-0.2, 0) is 0 Å². The quantitative estimate of drug-likeness (QED) is 0.765. The Hall–Kier alpha value is -1.12. The van der Waals surface area contributed by atoms with E-state index >= 15 is 0 Å². The minimum Gasteiger partial charge on any atom is -0.366 e. The highest BCUT2D eigenvalue weighted by Crippen LogP contribution is 2.33. The fourth-order valence-electron chi connectivity index (χ4n) is 1.54. The van der Waals surface area contributed by atoms with E-state index in [0.29, 0.717) is 6.04 Å². The van der Waals surface area contributed by atoms with Crippen molar-refractivity contribution in [3.63, 3.8) is 0 Å². The molecule has 0 amide bonds. The van der Waals surface area contributed by atoms with Crippen LogP contribution in [0.4, 0.5) is 5.82 Å². The van der Waals surface area contributed by atoms with E-state index in [-0.39, 0.29) is 0 Å². The SMILES string of the molecule is CC(CC1CC1)Nc1cnccn1. The third kappa shape index (κ3) is 2.68. The minimum absolute atomic E-state index is 0.518. The molecule has 1 heterocycles. The van der Waals surface area contributed by atoms with Crippen LogP contribution >= 0.6 is 0 Å². The van der Waals surface area contributed by atoms with Gasteiger partial charge in [-0.2, -0.15) is 0 Å². The number of anilines is 1. The molecular weight excluding hydrogens is 162 g/mol. The van der Waals surface area contributed by atoms with E-state index in [4.69, 9.17) is 0 Å². The molecule has 13 heavy (non-hydrogen) atoms. The van der Waals surface area contributed by atoms with Crippen LogP contribution in [-0.4, -0.2) is 16.0 Å². The highest BCUT2D eigenvalue weighted by atomic mass is 15.0. The van der Waals surface area contributed by atoms with Crippen LogP contribution in [0.25, 0.3) is 0 Å². The third-order valence-electron chi connectivity index (χ3n) is 2.34. The van der Waals surface area contributed by atoms with Gasteiger partial charge in [0.25, 0.3) is 0 Å². The van der Waals surface area contributed by atoms with Crippen LogP contribution in [0, 0.1) is 5.92 Å². The molecule has 0 radical (unpaired) electrons. The lowest BCUT2D eigenvalue weighted by Gasteiger charge is -2.12. The van der Waals surface area contributed by atoms with Crippen LogP contribution in [0.3, 0.4) is 0 Å². The summed E-state index contributed by atoms with van der Waals surface area (Å²) in [4.78, 5) is 8.18. The number of rotatable bonds is 4. The molecule has 1 fully saturated rings. The van der Waals surface area contributed by atoms with Crippen LogP contribution in [0.15, 0.2) is 18.6 Å². The van der Waals surface area contributed by atoms with Gasteiger partial charge in [0.05, 0.1) is 6.20 Å². The summed E-state index contributed by atoms with van der Waals surface area (Å²) in [6.07, 6.45) is 9.25. The van der Waals surface area contributed by atoms with Crippen molar-refractivity contribution in [2.24, 2.45) is 5.92 Å². The molecule has 1 unspecified atom stereocenters. The predicted octanol–water partition coefficient (Wildman–Crippen LogP) is 2.08. The zero-order chi connectivity index (χ0) is 9.10. The topological polar surface area (TPSA) is 37.8 Å². The molecular formula is C10H15N3. The Bertz CT molecular complexity index is 256. The smallest absolute Gasteiger partial charge is 0.144 e. The number of nitrogens with zero attached hydrogens (tertiary/aromatic N) is 2. The fourth-order valence-corrected chi connectivity index (χ4v) is 1.54. The van der Waals surface area contributed by atoms with Gasteiger partial charge in [0.1, 0.15) is 5.82 Å². The highest BCUT2D eigenvalue weighted by molar-refractivity contribution is 5.30. The van der Waals surface area contributed by atoms with E-state index in [9.17, 15) is 0 Å². The van der Waals surface area contributed by atoms with Crippen LogP contribution in [0.1, 0.15) is 26.2 Å². The Morgan fingerprint density at radius 3 is 3.00 bits per heavy atom. The molecule has 70 valence electrons. The first-order valence-electron chi connectivity index (χ1n) is 4.87. The van der Waals surface area contributed by atoms with E-state index in [1.54, 1.807) is 18.6 Å². The first-order chi connectivity index (χ1) is 6.34. The molecule has 0 spiro atoms. The van der Waals surface area contributed by atoms with Crippen molar-refractivity contribution in [1.29, 1.82) is 0 Å². The Morgan fingerprint density at radius 2 is 2.38 bits per heavy atom. The van der Waals surface area contributed by atoms with Gasteiger partial charge >= 0.3 is 0 Å². The van der Waals surface area contributed by atoms with Gasteiger partial charge in [-0.25, -0.2) is 4.98 Å². The monoisotopic (exact) mass is 177 g/mol. The molecule has 1 aliphatic carbocycles. The number of hydrogen-bond donors (Lipinski definition) is 1. The first kappa shape index (κ1) is 8.48. The second-order valence-electron chi connectivity index (χ2n) is 3.82. The number of hydrogen-bond acceptors (Lipinski definition) is 3. The summed E-state index contributed by atoms with van der Waals surface area (Å²) in [5.74, 6) is 1.84. The largest absolute Gasteiger partial charge is 0.366 e. The van der Waals surface area contributed by atoms with Crippen molar-refractivity contribution in [1.82, 2.24) is 9.97 Å². The van der Waals surface area contributed by atoms with E-state index in [1.807, 2.05) is 0 Å². The summed E-state index contributed by atoms with van der Waals surface area (Å²) < 4.78 is 0. The van der Waals surface area contributed by atoms with E-state index in [0.717, 1.165) is 11.7 Å². The average Bonchev–Trinajstić information content (AvgIpc) is 2.90. The van der Waals surface area contributed by atoms with Crippen molar-refractivity contribution < 1.29 is 0 Å². The molecule has 0 aliphatic heterocycles. The van der Waals surface area contributed by atoms with Gasteiger partial charge < -0.3 is 5.32 Å². The first-order valence-corrected chi connectivity index (χ1v) is 4.87. The Kier molecular flexibility index (Phi) is 2.43. The van der Waals surface area contributed by atoms with E-state index < -0.39 is 0 Å². The van der Waals surface area contributed by atoms with Crippen molar-refractivity contribution in [2.75, 3.05) is 5.32 Å². The molecule has 1 aromatic heterocycles. The Labute approximate surface area is 78.6 Å². The molecule has 0 aromatic carbocycles. The number of nitrogens with one attached hydrogen (secondary N) is 1. The van der Waals surface area contributed by atoms with Gasteiger partial charge in [0.2, 0.25) is 0 Å². The molecule has 1 aromatic rings. The number of aromatic nitrogens is 2. The molecule has 0 bridgehead atoms. The standard InChI is InChI=1S/C10H15N3/c1-8(6-9-2-3-9)13-10-7-11-4-5-12-10/h4-5,7-9H,2-3,6H2,1H3,(H,12,13). The predicted molar refractivity (Wildman–Crippen MR) is 52.5 cm³/mol. The molecule has 0 saturated heterocycles. The van der Waals surface area contributed by atoms with Gasteiger partial charge in [0, 0.05) is 18.4 Å². The van der Waals surface area contributed by atoms with E-state index in [1.165, 1.54) is 19.3 Å². The molecule has 3 heteroatoms. The van der Waals surface area contributed by atoms with Crippen LogP contribution in [0.2, 0.25) is 0 Å². The zero-order valence-electron chi connectivity index (χ0n) is 7.90. The Morgan fingerprint density at radius 1 is 1.54 bits per heavy atom. The maximum absolute atomic E-state index is 4.17. The van der Waals surface area contributed by atoms with Gasteiger partial charge in [-0.1, -0.05) is 12.8 Å². The normalized spacial score (nSPS) is 18.2. The maximum atomic E-state index is 4.17. The summed E-state index contributed by atoms with van der Waals surface area (Å²) in [6, 6.07) is 0.518. The molecule has 2 rings (SSSR count). The second-order valence-corrected chi connectivity index (χ2v) is 3.82. The van der Waals surface area contributed by atoms with Crippen LogP contribution in [0.5, 0.6) is 0 Å². The van der Waals surface area contributed by atoms with E-state index in [2.05, 4.69) is 22.2 Å². The zero-order valence-corrected chi connectivity index (χ0v) is 7.90. The summed E-state index contributed by atoms with van der Waals surface area (Å²) >= 11 is 0. The maximum Gasteiger partial charge on any atom is 0.144 e. The highest BCUT2D eigenvalue weighted by Gasteiger charge is 2.23. The fraction of sp³-hybridized carbons (Fsp3) is 0.600. The van der Waals surface area contributed by atoms with Crippen molar-refractivity contribution in [3.8, 4) is 0 Å². The summed E-state index contributed by atoms with van der Waals surface area (Å²) in [5, 5.41) is 3.34.